The summed E-state index contributed by atoms with van der Waals surface area (Å²) >= 11 is 0. The predicted octanol–water partition coefficient (Wildman–Crippen LogP) is 6.45. The maximum Gasteiger partial charge on any atom is 0.394 e. The smallest absolute Gasteiger partial charge is 0.373 e. The fourth-order valence-electron chi connectivity index (χ4n) is 3.22. The van der Waals surface area contributed by atoms with E-state index in [1.807, 2.05) is 0 Å². The Morgan fingerprint density at radius 1 is 1.03 bits per heavy atom. The number of amides is 2. The Bertz CT molecular complexity index is 1230. The van der Waals surface area contributed by atoms with Crippen LogP contribution in [0.4, 0.5) is 38.3 Å². The van der Waals surface area contributed by atoms with Crippen molar-refractivity contribution in [2.45, 2.75) is 33.4 Å². The van der Waals surface area contributed by atoms with Gasteiger partial charge in [-0.15, -0.1) is 12.4 Å². The van der Waals surface area contributed by atoms with Gasteiger partial charge in [0, 0.05) is 54.1 Å². The van der Waals surface area contributed by atoms with Gasteiger partial charge in [-0.05, 0) is 25.5 Å². The minimum Gasteiger partial charge on any atom is -0.373 e. The van der Waals surface area contributed by atoms with E-state index >= 15 is 0 Å². The first-order valence-electron chi connectivity index (χ1n) is 10.4. The van der Waals surface area contributed by atoms with E-state index in [0.717, 1.165) is 19.9 Å². The molecule has 0 spiro atoms. The highest BCUT2D eigenvalue weighted by Crippen LogP contribution is 2.40. The van der Waals surface area contributed by atoms with Gasteiger partial charge in [0.15, 0.2) is 0 Å². The van der Waals surface area contributed by atoms with Crippen LogP contribution in [0.3, 0.4) is 0 Å². The van der Waals surface area contributed by atoms with E-state index < -0.39 is 29.3 Å². The van der Waals surface area contributed by atoms with E-state index in [-0.39, 0.29) is 36.6 Å². The normalized spacial score (nSPS) is 11.7. The third-order valence-corrected chi connectivity index (χ3v) is 5.54. The van der Waals surface area contributed by atoms with Crippen LogP contribution in [-0.4, -0.2) is 35.8 Å². The van der Waals surface area contributed by atoms with E-state index in [9.17, 15) is 26.7 Å². The van der Waals surface area contributed by atoms with E-state index in [4.69, 9.17) is 0 Å². The summed E-state index contributed by atoms with van der Waals surface area (Å²) in [4.78, 5) is 20.8. The average Bonchev–Trinajstić information content (AvgIpc) is 2.74. The number of carbonyl (C=O) groups excluding carboxylic acids is 1. The van der Waals surface area contributed by atoms with Gasteiger partial charge in [0.2, 0.25) is 0 Å². The molecule has 3 aromatic rings. The molecule has 0 radical (unpaired) electrons. The van der Waals surface area contributed by atoms with Gasteiger partial charge in [0.25, 0.3) is 0 Å². The number of halogens is 6. The molecule has 3 N–H and O–H groups in total. The number of aryl methyl sites for hydroxylation is 1. The number of alkyl halides is 3. The number of rotatable bonds is 6. The summed E-state index contributed by atoms with van der Waals surface area (Å²) < 4.78 is 67.8. The van der Waals surface area contributed by atoms with Crippen LogP contribution in [0, 0.1) is 24.0 Å². The van der Waals surface area contributed by atoms with Crippen molar-refractivity contribution in [3.05, 3.63) is 47.8 Å². The second kappa shape index (κ2) is 10.6. The molecule has 6 nitrogen and oxygen atoms in total. The number of benzene rings is 1. The summed E-state index contributed by atoms with van der Waals surface area (Å²) in [5.74, 6) is -1.28. The first kappa shape index (κ1) is 28.0. The summed E-state index contributed by atoms with van der Waals surface area (Å²) in [6, 6.07) is 4.22. The number of urea groups is 1. The predicted molar refractivity (Wildman–Crippen MR) is 128 cm³/mol. The molecule has 0 aliphatic rings. The molecule has 2 aromatic heterocycles. The number of pyridine rings is 2. The van der Waals surface area contributed by atoms with Crippen LogP contribution < -0.4 is 16.0 Å². The minimum absolute atomic E-state index is 0. The average molecular weight is 518 g/mol. The highest BCUT2D eigenvalue weighted by Gasteiger charge is 2.46. The summed E-state index contributed by atoms with van der Waals surface area (Å²) in [6.07, 6.45) is -3.24. The Hall–Kier alpha value is -3.21. The summed E-state index contributed by atoms with van der Waals surface area (Å²) in [5.41, 5.74) is -0.859. The molecule has 190 valence electrons. The Morgan fingerprint density at radius 2 is 1.71 bits per heavy atom. The van der Waals surface area contributed by atoms with E-state index in [1.54, 1.807) is 32.3 Å². The third-order valence-electron chi connectivity index (χ3n) is 5.54. The molecule has 0 aliphatic heterocycles. The monoisotopic (exact) mass is 517 g/mol. The van der Waals surface area contributed by atoms with Crippen molar-refractivity contribution in [1.82, 2.24) is 15.3 Å². The lowest BCUT2D eigenvalue weighted by Crippen LogP contribution is -2.37. The number of hydrogen-bond donors (Lipinski definition) is 3. The van der Waals surface area contributed by atoms with Gasteiger partial charge in [-0.1, -0.05) is 13.8 Å². The number of aromatic nitrogens is 2. The van der Waals surface area contributed by atoms with Crippen molar-refractivity contribution >= 4 is 40.8 Å². The zero-order valence-electron chi connectivity index (χ0n) is 19.4. The second-order valence-electron chi connectivity index (χ2n) is 8.46. The van der Waals surface area contributed by atoms with Crippen molar-refractivity contribution in [1.29, 1.82) is 0 Å². The lowest BCUT2D eigenvalue weighted by Gasteiger charge is -2.27. The SMILES string of the molecule is CNc1cc2nc(C)c(-c3cc(NC(=O)NCCC(C)(C)C(F)(F)F)c(F)cc3F)cc2cn1.Cl. The zero-order chi connectivity index (χ0) is 25.3. The highest BCUT2D eigenvalue weighted by atomic mass is 35.5. The first-order chi connectivity index (χ1) is 15.8. The number of fused-ring (bicyclic) bond motifs is 1. The number of anilines is 2. The number of carbonyl (C=O) groups is 1. The van der Waals surface area contributed by atoms with Crippen LogP contribution in [0.25, 0.3) is 22.0 Å². The molecule has 0 saturated heterocycles. The van der Waals surface area contributed by atoms with E-state index in [0.29, 0.717) is 34.0 Å². The summed E-state index contributed by atoms with van der Waals surface area (Å²) in [6.45, 7) is 3.42. The van der Waals surface area contributed by atoms with Gasteiger partial charge in [-0.3, -0.25) is 4.98 Å². The molecule has 0 bridgehead atoms. The van der Waals surface area contributed by atoms with Crippen molar-refractivity contribution in [3.63, 3.8) is 0 Å². The topological polar surface area (TPSA) is 78.9 Å². The van der Waals surface area contributed by atoms with Gasteiger partial charge < -0.3 is 16.0 Å². The Labute approximate surface area is 205 Å². The Balaban J connectivity index is 0.00000432. The second-order valence-corrected chi connectivity index (χ2v) is 8.46. The van der Waals surface area contributed by atoms with Gasteiger partial charge in [-0.25, -0.2) is 18.6 Å². The van der Waals surface area contributed by atoms with Crippen molar-refractivity contribution in [3.8, 4) is 11.1 Å². The van der Waals surface area contributed by atoms with Crippen LogP contribution >= 0.6 is 12.4 Å². The Morgan fingerprint density at radius 3 is 2.34 bits per heavy atom. The summed E-state index contributed by atoms with van der Waals surface area (Å²) in [5, 5.41) is 8.03. The van der Waals surface area contributed by atoms with E-state index in [2.05, 4.69) is 25.9 Å². The maximum atomic E-state index is 14.7. The van der Waals surface area contributed by atoms with E-state index in [1.165, 1.54) is 0 Å². The van der Waals surface area contributed by atoms with Crippen LogP contribution in [-0.2, 0) is 0 Å². The van der Waals surface area contributed by atoms with Gasteiger partial charge in [0.05, 0.1) is 16.6 Å². The zero-order valence-corrected chi connectivity index (χ0v) is 20.2. The van der Waals surface area contributed by atoms with Gasteiger partial charge in [0.1, 0.15) is 17.5 Å². The van der Waals surface area contributed by atoms with Crippen LogP contribution in [0.2, 0.25) is 0 Å². The molecule has 12 heteroatoms. The van der Waals surface area contributed by atoms with Gasteiger partial charge in [-0.2, -0.15) is 13.2 Å². The third kappa shape index (κ3) is 6.27. The lowest BCUT2D eigenvalue weighted by molar-refractivity contribution is -0.213. The van der Waals surface area contributed by atoms with Crippen LogP contribution in [0.1, 0.15) is 26.0 Å². The number of nitrogens with zero attached hydrogens (tertiary/aromatic N) is 2. The molecule has 2 heterocycles. The molecule has 1 aromatic carbocycles. The molecular formula is C23H25ClF5N5O. The number of hydrogen-bond acceptors (Lipinski definition) is 4. The van der Waals surface area contributed by atoms with Crippen molar-refractivity contribution in [2.75, 3.05) is 24.2 Å². The first-order valence-corrected chi connectivity index (χ1v) is 10.4. The van der Waals surface area contributed by atoms with Crippen LogP contribution in [0.15, 0.2) is 30.5 Å². The fraction of sp³-hybridized carbons (Fsp3) is 0.348. The van der Waals surface area contributed by atoms with Gasteiger partial charge >= 0.3 is 12.2 Å². The number of nitrogens with one attached hydrogen (secondary N) is 3. The Kier molecular flexibility index (Phi) is 8.48. The van der Waals surface area contributed by atoms with Crippen molar-refractivity contribution < 1.29 is 26.7 Å². The molecule has 2 amide bonds. The summed E-state index contributed by atoms with van der Waals surface area (Å²) in [7, 11) is 1.71. The quantitative estimate of drug-likeness (QED) is 0.328. The fourth-order valence-corrected chi connectivity index (χ4v) is 3.22. The molecule has 0 fully saturated rings. The van der Waals surface area contributed by atoms with Crippen LogP contribution in [0.5, 0.6) is 0 Å². The molecule has 0 atom stereocenters. The standard InChI is InChI=1S/C23H24F5N5O.ClH/c1-12-14(7-13-11-31-20(29-4)10-18(13)32-12)15-8-19(17(25)9-16(15)24)33-21(34)30-6-5-22(2,3)23(26,27)28;/h7-11H,5-6H2,1-4H3,(H,29,31)(H2,30,33,34);1H. The molecular weight excluding hydrogens is 493 g/mol. The molecule has 0 saturated carbocycles. The minimum atomic E-state index is -4.43. The largest absolute Gasteiger partial charge is 0.394 e. The maximum absolute atomic E-state index is 14.7. The van der Waals surface area contributed by atoms with Crippen molar-refractivity contribution in [2.24, 2.45) is 5.41 Å². The lowest BCUT2D eigenvalue weighted by atomic mass is 9.89. The molecule has 0 aliphatic carbocycles. The highest BCUT2D eigenvalue weighted by molar-refractivity contribution is 5.91. The molecule has 3 rings (SSSR count). The molecule has 35 heavy (non-hydrogen) atoms. The molecule has 0 unspecified atom stereocenters.